The summed E-state index contributed by atoms with van der Waals surface area (Å²) in [5, 5.41) is 0. The molecule has 1 nitrogen and oxygen atoms in total. The maximum atomic E-state index is 5.91. The molecule has 0 aliphatic heterocycles. The third-order valence-corrected chi connectivity index (χ3v) is 3.59. The van der Waals surface area contributed by atoms with Gasteiger partial charge in [0.1, 0.15) is 0 Å². The van der Waals surface area contributed by atoms with Gasteiger partial charge >= 0.3 is 0 Å². The van der Waals surface area contributed by atoms with Crippen molar-refractivity contribution in [2.75, 3.05) is 5.75 Å². The summed E-state index contributed by atoms with van der Waals surface area (Å²) in [6.07, 6.45) is 7.35. The topological polar surface area (TPSA) is 26.0 Å². The lowest BCUT2D eigenvalue weighted by Gasteiger charge is -2.10. The van der Waals surface area contributed by atoms with E-state index in [1.165, 1.54) is 17.5 Å². The number of thiol groups is 1. The van der Waals surface area contributed by atoms with E-state index < -0.39 is 0 Å². The van der Waals surface area contributed by atoms with Crippen molar-refractivity contribution in [2.24, 2.45) is 5.73 Å². The average Bonchev–Trinajstić information content (AvgIpc) is 2.38. The molecule has 0 fully saturated rings. The Bertz CT molecular complexity index is 373. The second kappa shape index (κ2) is 8.39. The summed E-state index contributed by atoms with van der Waals surface area (Å²) in [6, 6.07) is 9.00. The van der Waals surface area contributed by atoms with E-state index in [2.05, 4.69) is 62.9 Å². The van der Waals surface area contributed by atoms with Crippen LogP contribution in [-0.4, -0.2) is 11.8 Å². The van der Waals surface area contributed by atoms with Crippen LogP contribution in [0.25, 0.3) is 0 Å². The minimum atomic E-state index is 0.139. The Kier molecular flexibility index (Phi) is 7.14. The van der Waals surface area contributed by atoms with Crippen molar-refractivity contribution < 1.29 is 0 Å². The highest BCUT2D eigenvalue weighted by molar-refractivity contribution is 7.80. The molecule has 0 heterocycles. The van der Waals surface area contributed by atoms with Gasteiger partial charge in [0.25, 0.3) is 0 Å². The van der Waals surface area contributed by atoms with Gasteiger partial charge in [-0.15, -0.1) is 0 Å². The molecule has 0 aliphatic rings. The summed E-state index contributed by atoms with van der Waals surface area (Å²) in [5.74, 6) is 1.48. The maximum absolute atomic E-state index is 5.91. The van der Waals surface area contributed by atoms with Gasteiger partial charge in [-0.2, -0.15) is 12.6 Å². The molecule has 0 bridgehead atoms. The van der Waals surface area contributed by atoms with Crippen LogP contribution >= 0.6 is 12.6 Å². The molecule has 1 aromatic rings. The zero-order valence-electron chi connectivity index (χ0n) is 11.5. The normalized spacial score (nSPS) is 14.9. The molecule has 2 heteroatoms. The largest absolute Gasteiger partial charge is 0.324 e. The number of allylic oxidation sites excluding steroid dienone is 1. The van der Waals surface area contributed by atoms with Crippen LogP contribution < -0.4 is 5.73 Å². The van der Waals surface area contributed by atoms with Crippen molar-refractivity contribution in [3.8, 4) is 0 Å². The van der Waals surface area contributed by atoms with Crippen molar-refractivity contribution in [1.82, 2.24) is 0 Å². The molecule has 2 N–H and O–H groups in total. The number of hydrogen-bond donors (Lipinski definition) is 2. The second-order valence-corrected chi connectivity index (χ2v) is 5.31. The summed E-state index contributed by atoms with van der Waals surface area (Å²) in [7, 11) is 0. The molecule has 0 amide bonds. The molecule has 0 saturated carbocycles. The first-order chi connectivity index (χ1) is 8.67. The van der Waals surface area contributed by atoms with E-state index in [4.69, 9.17) is 5.73 Å². The quantitative estimate of drug-likeness (QED) is 0.565. The zero-order valence-corrected chi connectivity index (χ0v) is 12.4. The lowest BCUT2D eigenvalue weighted by atomic mass is 9.96. The van der Waals surface area contributed by atoms with Crippen LogP contribution in [0.15, 0.2) is 36.4 Å². The number of benzene rings is 1. The molecule has 1 rings (SSSR count). The van der Waals surface area contributed by atoms with E-state index in [1.807, 2.05) is 0 Å². The summed E-state index contributed by atoms with van der Waals surface area (Å²) < 4.78 is 0. The average molecular weight is 263 g/mol. The zero-order chi connectivity index (χ0) is 13.4. The van der Waals surface area contributed by atoms with Gasteiger partial charge in [0.2, 0.25) is 0 Å². The highest BCUT2D eigenvalue weighted by atomic mass is 32.1. The highest BCUT2D eigenvalue weighted by Gasteiger charge is 2.02. The fraction of sp³-hybridized carbons (Fsp3) is 0.500. The fourth-order valence-electron chi connectivity index (χ4n) is 1.89. The van der Waals surface area contributed by atoms with Crippen LogP contribution in [0.5, 0.6) is 0 Å². The summed E-state index contributed by atoms with van der Waals surface area (Å²) in [4.78, 5) is 0. The smallest absolute Gasteiger partial charge is 0.0231 e. The van der Waals surface area contributed by atoms with Crippen molar-refractivity contribution in [1.29, 1.82) is 0 Å². The third-order valence-electron chi connectivity index (χ3n) is 3.33. The minimum Gasteiger partial charge on any atom is -0.324 e. The number of rotatable bonds is 7. The molecule has 100 valence electrons. The molecule has 2 unspecified atom stereocenters. The number of hydrogen-bond acceptors (Lipinski definition) is 2. The van der Waals surface area contributed by atoms with E-state index in [-0.39, 0.29) is 6.04 Å². The van der Waals surface area contributed by atoms with Gasteiger partial charge in [-0.3, -0.25) is 0 Å². The molecule has 0 spiro atoms. The highest BCUT2D eigenvalue weighted by Crippen LogP contribution is 2.19. The molecule has 0 aromatic heterocycles. The molecule has 0 radical (unpaired) electrons. The monoisotopic (exact) mass is 263 g/mol. The summed E-state index contributed by atoms with van der Waals surface area (Å²) >= 11 is 4.18. The Labute approximate surface area is 117 Å². The Morgan fingerprint density at radius 2 is 2.17 bits per heavy atom. The van der Waals surface area contributed by atoms with E-state index in [0.29, 0.717) is 5.92 Å². The molecule has 1 aromatic carbocycles. The van der Waals surface area contributed by atoms with Crippen LogP contribution in [0, 0.1) is 0 Å². The summed E-state index contributed by atoms with van der Waals surface area (Å²) in [5.41, 5.74) is 8.71. The predicted octanol–water partition coefficient (Wildman–Crippen LogP) is 3.95. The Morgan fingerprint density at radius 3 is 2.83 bits per heavy atom. The first kappa shape index (κ1) is 15.3. The van der Waals surface area contributed by atoms with Crippen molar-refractivity contribution in [2.45, 2.75) is 45.1 Å². The molecular weight excluding hydrogens is 238 g/mol. The Morgan fingerprint density at radius 1 is 1.39 bits per heavy atom. The predicted molar refractivity (Wildman–Crippen MR) is 84.4 cm³/mol. The standard InChI is InChI=1S/C16H25NS/c1-3-13(2)15-8-4-6-14(12-15)7-5-9-16(17)10-11-18/h4-6,8-9,12-13,16,18H,3,7,10-11,17H2,1-2H3/b9-5+. The molecule has 2 atom stereocenters. The lowest BCUT2D eigenvalue weighted by Crippen LogP contribution is -2.16. The van der Waals surface area contributed by atoms with Crippen LogP contribution in [0.3, 0.4) is 0 Å². The van der Waals surface area contributed by atoms with E-state index >= 15 is 0 Å². The fourth-order valence-corrected chi connectivity index (χ4v) is 2.18. The van der Waals surface area contributed by atoms with Crippen LogP contribution in [0.4, 0.5) is 0 Å². The maximum Gasteiger partial charge on any atom is 0.0231 e. The molecule has 0 aliphatic carbocycles. The van der Waals surface area contributed by atoms with Gasteiger partial charge in [0, 0.05) is 6.04 Å². The van der Waals surface area contributed by atoms with Crippen LogP contribution in [-0.2, 0) is 6.42 Å². The SMILES string of the molecule is CCC(C)c1cccc(C/C=C/C(N)CCS)c1. The molecule has 0 saturated heterocycles. The van der Waals surface area contributed by atoms with Crippen LogP contribution in [0.2, 0.25) is 0 Å². The first-order valence-corrected chi connectivity index (χ1v) is 7.42. The van der Waals surface area contributed by atoms with Crippen molar-refractivity contribution in [3.63, 3.8) is 0 Å². The van der Waals surface area contributed by atoms with Gasteiger partial charge in [0.05, 0.1) is 0 Å². The van der Waals surface area contributed by atoms with E-state index in [1.54, 1.807) is 0 Å². The summed E-state index contributed by atoms with van der Waals surface area (Å²) in [6.45, 7) is 4.51. The molecular formula is C16H25NS. The third kappa shape index (κ3) is 5.28. The lowest BCUT2D eigenvalue weighted by molar-refractivity contribution is 0.732. The number of nitrogens with two attached hydrogens (primary N) is 1. The Balaban J connectivity index is 2.57. The minimum absolute atomic E-state index is 0.139. The Hall–Kier alpha value is -0.730. The van der Waals surface area contributed by atoms with Crippen LogP contribution in [0.1, 0.15) is 43.7 Å². The van der Waals surface area contributed by atoms with Gasteiger partial charge in [-0.05, 0) is 42.1 Å². The van der Waals surface area contributed by atoms with Crippen molar-refractivity contribution in [3.05, 3.63) is 47.5 Å². The molecule has 18 heavy (non-hydrogen) atoms. The van der Waals surface area contributed by atoms with E-state index in [0.717, 1.165) is 18.6 Å². The van der Waals surface area contributed by atoms with Gasteiger partial charge in [-0.1, -0.05) is 50.3 Å². The van der Waals surface area contributed by atoms with Gasteiger partial charge < -0.3 is 5.73 Å². The van der Waals surface area contributed by atoms with Gasteiger partial charge in [0.15, 0.2) is 0 Å². The first-order valence-electron chi connectivity index (χ1n) is 6.79. The van der Waals surface area contributed by atoms with Gasteiger partial charge in [-0.25, -0.2) is 0 Å². The van der Waals surface area contributed by atoms with E-state index in [9.17, 15) is 0 Å². The second-order valence-electron chi connectivity index (χ2n) is 4.86. The van der Waals surface area contributed by atoms with Crippen molar-refractivity contribution >= 4 is 12.6 Å².